The Hall–Kier alpha value is -2.43. The maximum Gasteiger partial charge on any atom is 0.245 e. The van der Waals surface area contributed by atoms with Crippen LogP contribution in [0.2, 0.25) is 0 Å². The van der Waals surface area contributed by atoms with Gasteiger partial charge >= 0.3 is 0 Å². The van der Waals surface area contributed by atoms with Crippen LogP contribution in [0.1, 0.15) is 12.5 Å². The number of aryl methyl sites for hydroxylation is 1. The molecule has 29 heavy (non-hydrogen) atoms. The molecule has 0 aliphatic heterocycles. The second-order valence-electron chi connectivity index (χ2n) is 6.65. The predicted octanol–water partition coefficient (Wildman–Crippen LogP) is 1.90. The highest BCUT2D eigenvalue weighted by molar-refractivity contribution is 7.92. The van der Waals surface area contributed by atoms with E-state index < -0.39 is 32.5 Å². The lowest BCUT2D eigenvalue weighted by Gasteiger charge is -2.22. The maximum absolute atomic E-state index is 12.4. The van der Waals surface area contributed by atoms with Crippen LogP contribution in [0.3, 0.4) is 0 Å². The number of carbonyl (C=O) groups excluding carboxylic acids is 1. The average Bonchev–Trinajstić information content (AvgIpc) is 2.66. The van der Waals surface area contributed by atoms with Crippen LogP contribution in [-0.2, 0) is 31.3 Å². The zero-order valence-corrected chi connectivity index (χ0v) is 18.4. The van der Waals surface area contributed by atoms with Crippen LogP contribution < -0.4 is 9.62 Å². The lowest BCUT2D eigenvalue weighted by Crippen LogP contribution is -2.37. The molecule has 8 nitrogen and oxygen atoms in total. The van der Waals surface area contributed by atoms with Gasteiger partial charge in [-0.2, -0.15) is 0 Å². The molecule has 2 aromatic carbocycles. The highest BCUT2D eigenvalue weighted by atomic mass is 32.2. The molecule has 0 aromatic heterocycles. The van der Waals surface area contributed by atoms with Gasteiger partial charge in [0.05, 0.1) is 16.8 Å². The fourth-order valence-corrected chi connectivity index (χ4v) is 4.31. The van der Waals surface area contributed by atoms with E-state index in [-0.39, 0.29) is 10.6 Å². The third kappa shape index (κ3) is 5.78. The standard InChI is InChI=1S/C19H25N3O5S2/c1-5-15-6-8-16(9-7-15)20-19(23)14-22(28(4,24)25)17-10-12-18(13-11-17)29(26,27)21(2)3/h6-13H,5,14H2,1-4H3,(H,20,23). The first-order chi connectivity index (χ1) is 13.4. The molecule has 1 N–H and O–H groups in total. The second kappa shape index (κ2) is 8.93. The number of anilines is 2. The van der Waals surface area contributed by atoms with E-state index in [0.717, 1.165) is 26.9 Å². The van der Waals surface area contributed by atoms with Crippen LogP contribution >= 0.6 is 0 Å². The molecular weight excluding hydrogens is 414 g/mol. The Morgan fingerprint density at radius 1 is 0.931 bits per heavy atom. The molecule has 10 heteroatoms. The monoisotopic (exact) mass is 439 g/mol. The molecule has 0 radical (unpaired) electrons. The first kappa shape index (κ1) is 22.9. The number of hydrogen-bond donors (Lipinski definition) is 1. The number of amides is 1. The second-order valence-corrected chi connectivity index (χ2v) is 10.7. The first-order valence-corrected chi connectivity index (χ1v) is 12.1. The Morgan fingerprint density at radius 2 is 1.48 bits per heavy atom. The van der Waals surface area contributed by atoms with Crippen molar-refractivity contribution in [2.45, 2.75) is 18.2 Å². The highest BCUT2D eigenvalue weighted by Crippen LogP contribution is 2.22. The van der Waals surface area contributed by atoms with E-state index in [2.05, 4.69) is 5.32 Å². The fourth-order valence-electron chi connectivity index (χ4n) is 2.55. The van der Waals surface area contributed by atoms with Crippen LogP contribution in [0.4, 0.5) is 11.4 Å². The molecule has 158 valence electrons. The zero-order valence-electron chi connectivity index (χ0n) is 16.8. The Morgan fingerprint density at radius 3 is 1.93 bits per heavy atom. The summed E-state index contributed by atoms with van der Waals surface area (Å²) >= 11 is 0. The maximum atomic E-state index is 12.4. The van der Waals surface area contributed by atoms with E-state index in [4.69, 9.17) is 0 Å². The summed E-state index contributed by atoms with van der Waals surface area (Å²) in [4.78, 5) is 12.4. The molecule has 0 heterocycles. The van der Waals surface area contributed by atoms with Gasteiger partial charge in [0.1, 0.15) is 6.54 Å². The van der Waals surface area contributed by atoms with Gasteiger partial charge in [0.15, 0.2) is 0 Å². The van der Waals surface area contributed by atoms with Crippen molar-refractivity contribution < 1.29 is 21.6 Å². The van der Waals surface area contributed by atoms with Gasteiger partial charge in [-0.3, -0.25) is 9.10 Å². The summed E-state index contributed by atoms with van der Waals surface area (Å²) in [7, 11) is -4.59. The summed E-state index contributed by atoms with van der Waals surface area (Å²) in [5, 5.41) is 2.67. The highest BCUT2D eigenvalue weighted by Gasteiger charge is 2.23. The van der Waals surface area contributed by atoms with E-state index in [1.54, 1.807) is 12.1 Å². The third-order valence-electron chi connectivity index (χ3n) is 4.24. The molecular formula is C19H25N3O5S2. The van der Waals surface area contributed by atoms with Gasteiger partial charge in [-0.1, -0.05) is 19.1 Å². The number of nitrogens with one attached hydrogen (secondary N) is 1. The largest absolute Gasteiger partial charge is 0.325 e. The normalized spacial score (nSPS) is 12.0. The summed E-state index contributed by atoms with van der Waals surface area (Å²) in [5.74, 6) is -0.510. The number of carbonyl (C=O) groups is 1. The predicted molar refractivity (Wildman–Crippen MR) is 114 cm³/mol. The lowest BCUT2D eigenvalue weighted by atomic mass is 10.1. The molecule has 0 saturated carbocycles. The molecule has 1 amide bonds. The number of rotatable bonds is 8. The number of nitrogens with zero attached hydrogens (tertiary/aromatic N) is 2. The summed E-state index contributed by atoms with van der Waals surface area (Å²) < 4.78 is 50.7. The van der Waals surface area contributed by atoms with Gasteiger partial charge in [-0.05, 0) is 48.4 Å². The fraction of sp³-hybridized carbons (Fsp3) is 0.316. The summed E-state index contributed by atoms with van der Waals surface area (Å²) in [6.45, 7) is 1.58. The van der Waals surface area contributed by atoms with Crippen molar-refractivity contribution >= 4 is 37.3 Å². The van der Waals surface area contributed by atoms with E-state index in [0.29, 0.717) is 5.69 Å². The molecule has 0 atom stereocenters. The van der Waals surface area contributed by atoms with Crippen molar-refractivity contribution in [1.82, 2.24) is 4.31 Å². The van der Waals surface area contributed by atoms with Crippen LogP contribution in [-0.4, -0.2) is 53.9 Å². The van der Waals surface area contributed by atoms with Crippen molar-refractivity contribution in [2.24, 2.45) is 0 Å². The van der Waals surface area contributed by atoms with Crippen molar-refractivity contribution in [3.63, 3.8) is 0 Å². The van der Waals surface area contributed by atoms with Gasteiger partial charge in [0.25, 0.3) is 0 Å². The third-order valence-corrected chi connectivity index (χ3v) is 7.21. The van der Waals surface area contributed by atoms with Gasteiger partial charge in [-0.25, -0.2) is 21.1 Å². The quantitative estimate of drug-likeness (QED) is 0.677. The molecule has 0 saturated heterocycles. The average molecular weight is 440 g/mol. The molecule has 0 spiro atoms. The van der Waals surface area contributed by atoms with Gasteiger partial charge in [0, 0.05) is 19.8 Å². The molecule has 2 aromatic rings. The molecule has 0 bridgehead atoms. The summed E-state index contributed by atoms with van der Waals surface area (Å²) in [6, 6.07) is 12.6. The Bertz CT molecular complexity index is 1060. The van der Waals surface area contributed by atoms with Gasteiger partial charge in [0.2, 0.25) is 26.0 Å². The minimum Gasteiger partial charge on any atom is -0.325 e. The first-order valence-electron chi connectivity index (χ1n) is 8.84. The molecule has 0 aliphatic rings. The van der Waals surface area contributed by atoms with E-state index >= 15 is 0 Å². The van der Waals surface area contributed by atoms with Gasteiger partial charge in [-0.15, -0.1) is 0 Å². The lowest BCUT2D eigenvalue weighted by molar-refractivity contribution is -0.114. The van der Waals surface area contributed by atoms with Crippen molar-refractivity contribution in [2.75, 3.05) is 36.5 Å². The number of hydrogen-bond acceptors (Lipinski definition) is 5. The number of benzene rings is 2. The molecule has 0 aliphatic carbocycles. The smallest absolute Gasteiger partial charge is 0.245 e. The number of sulfonamides is 2. The van der Waals surface area contributed by atoms with Crippen LogP contribution in [0, 0.1) is 0 Å². The topological polar surface area (TPSA) is 104 Å². The van der Waals surface area contributed by atoms with Crippen molar-refractivity contribution in [3.8, 4) is 0 Å². The van der Waals surface area contributed by atoms with Crippen molar-refractivity contribution in [3.05, 3.63) is 54.1 Å². The summed E-state index contributed by atoms with van der Waals surface area (Å²) in [6.07, 6.45) is 1.86. The van der Waals surface area contributed by atoms with E-state index in [1.165, 1.54) is 38.4 Å². The van der Waals surface area contributed by atoms with Gasteiger partial charge < -0.3 is 5.32 Å². The Labute approximate surface area is 172 Å². The molecule has 2 rings (SSSR count). The van der Waals surface area contributed by atoms with Crippen LogP contribution in [0.25, 0.3) is 0 Å². The Balaban J connectivity index is 2.22. The van der Waals surface area contributed by atoms with E-state index in [9.17, 15) is 21.6 Å². The SMILES string of the molecule is CCc1ccc(NC(=O)CN(c2ccc(S(=O)(=O)N(C)C)cc2)S(C)(=O)=O)cc1. The molecule has 0 fully saturated rings. The van der Waals surface area contributed by atoms with E-state index in [1.807, 2.05) is 19.1 Å². The Kier molecular flexibility index (Phi) is 7.04. The molecule has 0 unspecified atom stereocenters. The zero-order chi connectivity index (χ0) is 21.8. The van der Waals surface area contributed by atoms with Crippen LogP contribution in [0.5, 0.6) is 0 Å². The van der Waals surface area contributed by atoms with Crippen molar-refractivity contribution in [1.29, 1.82) is 0 Å². The van der Waals surface area contributed by atoms with Crippen LogP contribution in [0.15, 0.2) is 53.4 Å². The minimum atomic E-state index is -3.77. The summed E-state index contributed by atoms with van der Waals surface area (Å²) in [5.41, 5.74) is 1.88. The minimum absolute atomic E-state index is 0.0279.